The van der Waals surface area contributed by atoms with Gasteiger partial charge in [-0.3, -0.25) is 0 Å². The molecule has 2 rings (SSSR count). The van der Waals surface area contributed by atoms with E-state index in [9.17, 15) is 4.79 Å². The molecule has 1 heterocycles. The highest BCUT2D eigenvalue weighted by Crippen LogP contribution is 2.18. The molecule has 0 bridgehead atoms. The summed E-state index contributed by atoms with van der Waals surface area (Å²) in [5.74, 6) is 0. The van der Waals surface area contributed by atoms with Crippen molar-refractivity contribution in [3.63, 3.8) is 0 Å². The predicted octanol–water partition coefficient (Wildman–Crippen LogP) is 0.590. The molecule has 2 amide bonds. The Morgan fingerprint density at radius 1 is 1.29 bits per heavy atom. The molecule has 4 nitrogen and oxygen atoms in total. The Kier molecular flexibility index (Phi) is 3.24. The second kappa shape index (κ2) is 4.64. The van der Waals surface area contributed by atoms with E-state index in [4.69, 9.17) is 0 Å². The van der Waals surface area contributed by atoms with Gasteiger partial charge >= 0.3 is 6.03 Å². The molecule has 0 aromatic heterocycles. The number of carbonyl (C=O) groups is 1. The van der Waals surface area contributed by atoms with Crippen LogP contribution >= 0.6 is 0 Å². The first-order valence-corrected chi connectivity index (χ1v) is 5.62. The van der Waals surface area contributed by atoms with Gasteiger partial charge < -0.3 is 16.0 Å². The van der Waals surface area contributed by atoms with Gasteiger partial charge in [-0.05, 0) is 32.2 Å². The Bertz CT molecular complexity index is 198. The molecule has 0 radical (unpaired) electrons. The third-order valence-corrected chi connectivity index (χ3v) is 2.83. The normalized spacial score (nSPS) is 27.0. The smallest absolute Gasteiger partial charge is 0.315 e. The topological polar surface area (TPSA) is 53.2 Å². The Morgan fingerprint density at radius 3 is 2.79 bits per heavy atom. The van der Waals surface area contributed by atoms with Gasteiger partial charge in [0.05, 0.1) is 0 Å². The number of hydrogen-bond donors (Lipinski definition) is 3. The van der Waals surface area contributed by atoms with Crippen LogP contribution in [0.25, 0.3) is 0 Å². The van der Waals surface area contributed by atoms with Crippen LogP contribution in [-0.4, -0.2) is 31.2 Å². The fraction of sp³-hybridized carbons (Fsp3) is 0.900. The molecule has 1 aliphatic carbocycles. The maximum absolute atomic E-state index is 11.3. The molecular formula is C10H19N3O. The summed E-state index contributed by atoms with van der Waals surface area (Å²) >= 11 is 0. The van der Waals surface area contributed by atoms with E-state index in [-0.39, 0.29) is 6.03 Å². The van der Waals surface area contributed by atoms with E-state index in [1.165, 1.54) is 19.3 Å². The summed E-state index contributed by atoms with van der Waals surface area (Å²) in [4.78, 5) is 11.3. The van der Waals surface area contributed by atoms with Crippen LogP contribution in [0.15, 0.2) is 0 Å². The fourth-order valence-electron chi connectivity index (χ4n) is 1.78. The van der Waals surface area contributed by atoms with Gasteiger partial charge in [-0.15, -0.1) is 0 Å². The van der Waals surface area contributed by atoms with Crippen LogP contribution in [0.2, 0.25) is 0 Å². The molecular weight excluding hydrogens is 178 g/mol. The number of rotatable bonds is 3. The summed E-state index contributed by atoms with van der Waals surface area (Å²) in [7, 11) is 0. The van der Waals surface area contributed by atoms with Crippen LogP contribution in [0.3, 0.4) is 0 Å². The van der Waals surface area contributed by atoms with E-state index in [0.29, 0.717) is 12.1 Å². The molecule has 1 atom stereocenters. The van der Waals surface area contributed by atoms with Crippen LogP contribution in [0.4, 0.5) is 4.79 Å². The lowest BCUT2D eigenvalue weighted by molar-refractivity contribution is 0.238. The number of nitrogens with one attached hydrogen (secondary N) is 3. The van der Waals surface area contributed by atoms with Gasteiger partial charge in [-0.1, -0.05) is 6.42 Å². The highest BCUT2D eigenvalue weighted by molar-refractivity contribution is 5.74. The first-order valence-electron chi connectivity index (χ1n) is 5.62. The van der Waals surface area contributed by atoms with Crippen molar-refractivity contribution in [1.82, 2.24) is 16.0 Å². The second-order valence-corrected chi connectivity index (χ2v) is 4.28. The van der Waals surface area contributed by atoms with Crippen molar-refractivity contribution >= 4 is 6.03 Å². The minimum absolute atomic E-state index is 0.000117. The lowest BCUT2D eigenvalue weighted by Crippen LogP contribution is -2.46. The maximum Gasteiger partial charge on any atom is 0.315 e. The Labute approximate surface area is 84.8 Å². The molecule has 1 saturated heterocycles. The lowest BCUT2D eigenvalue weighted by Gasteiger charge is -2.23. The number of carbonyl (C=O) groups excluding carboxylic acids is 1. The molecule has 0 spiro atoms. The van der Waals surface area contributed by atoms with Crippen molar-refractivity contribution in [1.29, 1.82) is 0 Å². The average molecular weight is 197 g/mol. The van der Waals surface area contributed by atoms with Gasteiger partial charge in [0, 0.05) is 18.6 Å². The van der Waals surface area contributed by atoms with Gasteiger partial charge in [0.2, 0.25) is 0 Å². The van der Waals surface area contributed by atoms with E-state index in [2.05, 4.69) is 16.0 Å². The molecule has 14 heavy (non-hydrogen) atoms. The van der Waals surface area contributed by atoms with E-state index >= 15 is 0 Å². The molecule has 0 aromatic carbocycles. The van der Waals surface area contributed by atoms with Crippen LogP contribution < -0.4 is 16.0 Å². The Balaban J connectivity index is 1.57. The van der Waals surface area contributed by atoms with Crippen LogP contribution in [-0.2, 0) is 0 Å². The third kappa shape index (κ3) is 3.18. The van der Waals surface area contributed by atoms with Crippen LogP contribution in [0.5, 0.6) is 0 Å². The number of urea groups is 1. The van der Waals surface area contributed by atoms with Gasteiger partial charge in [0.15, 0.2) is 0 Å². The molecule has 3 N–H and O–H groups in total. The monoisotopic (exact) mass is 197 g/mol. The predicted molar refractivity (Wildman–Crippen MR) is 55.2 cm³/mol. The minimum atomic E-state index is -0.000117. The standard InChI is InChI=1S/C10H19N3O/c14-10(13-8-4-5-8)12-7-9-3-1-2-6-11-9/h8-9,11H,1-7H2,(H2,12,13,14). The third-order valence-electron chi connectivity index (χ3n) is 2.83. The van der Waals surface area contributed by atoms with Crippen molar-refractivity contribution in [2.45, 2.75) is 44.2 Å². The van der Waals surface area contributed by atoms with E-state index < -0.39 is 0 Å². The molecule has 1 saturated carbocycles. The van der Waals surface area contributed by atoms with Crippen LogP contribution in [0, 0.1) is 0 Å². The zero-order chi connectivity index (χ0) is 9.80. The SMILES string of the molecule is O=C(NCC1CCCCN1)NC1CC1. The Morgan fingerprint density at radius 2 is 2.14 bits per heavy atom. The molecule has 4 heteroatoms. The maximum atomic E-state index is 11.3. The van der Waals surface area contributed by atoms with Gasteiger partial charge in [-0.25, -0.2) is 4.79 Å². The summed E-state index contributed by atoms with van der Waals surface area (Å²) in [6.07, 6.45) is 6.03. The highest BCUT2D eigenvalue weighted by atomic mass is 16.2. The zero-order valence-corrected chi connectivity index (χ0v) is 8.51. The average Bonchev–Trinajstić information content (AvgIpc) is 3.00. The summed E-state index contributed by atoms with van der Waals surface area (Å²) in [6.45, 7) is 1.86. The van der Waals surface area contributed by atoms with Gasteiger partial charge in [-0.2, -0.15) is 0 Å². The molecule has 1 aliphatic heterocycles. The van der Waals surface area contributed by atoms with Crippen molar-refractivity contribution in [2.75, 3.05) is 13.1 Å². The van der Waals surface area contributed by atoms with Crippen molar-refractivity contribution < 1.29 is 4.79 Å². The summed E-state index contributed by atoms with van der Waals surface area (Å²) in [6, 6.07) is 0.933. The van der Waals surface area contributed by atoms with Crippen molar-refractivity contribution in [2.24, 2.45) is 0 Å². The van der Waals surface area contributed by atoms with Crippen molar-refractivity contribution in [3.05, 3.63) is 0 Å². The largest absolute Gasteiger partial charge is 0.337 e. The number of piperidine rings is 1. The molecule has 2 fully saturated rings. The summed E-state index contributed by atoms with van der Waals surface area (Å²) in [5, 5.41) is 9.23. The summed E-state index contributed by atoms with van der Waals surface area (Å²) in [5.41, 5.74) is 0. The number of amides is 2. The van der Waals surface area contributed by atoms with E-state index in [0.717, 1.165) is 25.9 Å². The zero-order valence-electron chi connectivity index (χ0n) is 8.51. The second-order valence-electron chi connectivity index (χ2n) is 4.28. The van der Waals surface area contributed by atoms with Gasteiger partial charge in [0.25, 0.3) is 0 Å². The molecule has 2 aliphatic rings. The quantitative estimate of drug-likeness (QED) is 0.620. The minimum Gasteiger partial charge on any atom is -0.337 e. The van der Waals surface area contributed by atoms with E-state index in [1.54, 1.807) is 0 Å². The molecule has 80 valence electrons. The van der Waals surface area contributed by atoms with Crippen molar-refractivity contribution in [3.8, 4) is 0 Å². The fourth-order valence-corrected chi connectivity index (χ4v) is 1.78. The Hall–Kier alpha value is -0.770. The van der Waals surface area contributed by atoms with E-state index in [1.807, 2.05) is 0 Å². The first kappa shape index (κ1) is 9.77. The van der Waals surface area contributed by atoms with Gasteiger partial charge in [0.1, 0.15) is 0 Å². The molecule has 0 aromatic rings. The van der Waals surface area contributed by atoms with Crippen LogP contribution in [0.1, 0.15) is 32.1 Å². The summed E-state index contributed by atoms with van der Waals surface area (Å²) < 4.78 is 0. The lowest BCUT2D eigenvalue weighted by atomic mass is 10.1. The number of hydrogen-bond acceptors (Lipinski definition) is 2. The molecule has 1 unspecified atom stereocenters. The highest BCUT2D eigenvalue weighted by Gasteiger charge is 2.23. The first-order chi connectivity index (χ1) is 6.84.